The quantitative estimate of drug-likeness (QED) is 0.490. The van der Waals surface area contributed by atoms with Gasteiger partial charge in [-0.15, -0.1) is 0 Å². The summed E-state index contributed by atoms with van der Waals surface area (Å²) in [5.74, 6) is 0.720. The van der Waals surface area contributed by atoms with Gasteiger partial charge in [0.05, 0.1) is 23.8 Å². The molecule has 1 N–H and O–H groups in total. The first-order chi connectivity index (χ1) is 13.5. The summed E-state index contributed by atoms with van der Waals surface area (Å²) in [5, 5.41) is 17.4. The fourth-order valence-corrected chi connectivity index (χ4v) is 2.51. The molecule has 9 nitrogen and oxygen atoms in total. The molecule has 28 heavy (non-hydrogen) atoms. The van der Waals surface area contributed by atoms with Gasteiger partial charge in [0.15, 0.2) is 0 Å². The molecule has 0 bridgehead atoms. The molecule has 0 spiro atoms. The Balaban J connectivity index is 1.60. The Labute approximate surface area is 160 Å². The number of nitrogens with zero attached hydrogens (tertiary/aromatic N) is 3. The molecule has 144 valence electrons. The number of carbonyl (C=O) groups excluding carboxylic acids is 1. The molecule has 0 saturated carbocycles. The van der Waals surface area contributed by atoms with E-state index in [0.29, 0.717) is 17.4 Å². The van der Waals surface area contributed by atoms with E-state index in [9.17, 15) is 14.9 Å². The van der Waals surface area contributed by atoms with Gasteiger partial charge in [-0.1, -0.05) is 35.0 Å². The summed E-state index contributed by atoms with van der Waals surface area (Å²) in [4.78, 5) is 26.8. The van der Waals surface area contributed by atoms with Crippen LogP contribution in [0.4, 0.5) is 11.4 Å². The van der Waals surface area contributed by atoms with Crippen LogP contribution in [-0.2, 0) is 11.2 Å². The lowest BCUT2D eigenvalue weighted by molar-refractivity contribution is -0.384. The van der Waals surface area contributed by atoms with Gasteiger partial charge in [0.2, 0.25) is 17.6 Å². The molecule has 3 aromatic rings. The van der Waals surface area contributed by atoms with Gasteiger partial charge in [-0.2, -0.15) is 4.98 Å². The molecule has 0 fully saturated rings. The van der Waals surface area contributed by atoms with Gasteiger partial charge in [-0.3, -0.25) is 14.9 Å². The number of methoxy groups -OCH3 is 1. The number of nitro groups is 1. The van der Waals surface area contributed by atoms with Crippen molar-refractivity contribution in [1.29, 1.82) is 0 Å². The molecule has 2 aromatic carbocycles. The third kappa shape index (κ3) is 4.50. The second-order valence-electron chi connectivity index (χ2n) is 6.07. The Hall–Kier alpha value is -3.75. The molecule has 0 aliphatic carbocycles. The number of anilines is 1. The van der Waals surface area contributed by atoms with Crippen LogP contribution >= 0.6 is 0 Å². The van der Waals surface area contributed by atoms with Crippen molar-refractivity contribution in [2.75, 3.05) is 12.4 Å². The summed E-state index contributed by atoms with van der Waals surface area (Å²) in [5.41, 5.74) is 2.19. The van der Waals surface area contributed by atoms with Gasteiger partial charge in [0, 0.05) is 24.5 Å². The van der Waals surface area contributed by atoms with Crippen molar-refractivity contribution in [3.8, 4) is 17.1 Å². The molecule has 0 aliphatic rings. The Kier molecular flexibility index (Phi) is 5.64. The fraction of sp³-hybridized carbons (Fsp3) is 0.211. The Morgan fingerprint density at radius 2 is 2.00 bits per heavy atom. The van der Waals surface area contributed by atoms with E-state index in [1.54, 1.807) is 0 Å². The topological polar surface area (TPSA) is 120 Å². The lowest BCUT2D eigenvalue weighted by Crippen LogP contribution is -2.13. The van der Waals surface area contributed by atoms with Crippen molar-refractivity contribution < 1.29 is 19.0 Å². The second kappa shape index (κ2) is 8.30. The summed E-state index contributed by atoms with van der Waals surface area (Å²) in [6, 6.07) is 11.7. The zero-order chi connectivity index (χ0) is 20.1. The number of hydrogen-bond donors (Lipinski definition) is 1. The van der Waals surface area contributed by atoms with Crippen molar-refractivity contribution in [3.63, 3.8) is 0 Å². The minimum absolute atomic E-state index is 0.107. The molecule has 9 heteroatoms. The molecule has 1 heterocycles. The highest BCUT2D eigenvalue weighted by Gasteiger charge is 2.15. The highest BCUT2D eigenvalue weighted by molar-refractivity contribution is 5.92. The van der Waals surface area contributed by atoms with Crippen molar-refractivity contribution in [2.24, 2.45) is 0 Å². The first-order valence-electron chi connectivity index (χ1n) is 8.48. The Bertz CT molecular complexity index is 998. The highest BCUT2D eigenvalue weighted by atomic mass is 16.6. The van der Waals surface area contributed by atoms with Crippen LogP contribution in [0.3, 0.4) is 0 Å². The summed E-state index contributed by atoms with van der Waals surface area (Å²) < 4.78 is 10.3. The van der Waals surface area contributed by atoms with Crippen molar-refractivity contribution >= 4 is 17.3 Å². The van der Waals surface area contributed by atoms with Crippen LogP contribution in [-0.4, -0.2) is 28.1 Å². The molecular weight excluding hydrogens is 364 g/mol. The summed E-state index contributed by atoms with van der Waals surface area (Å²) in [7, 11) is 1.37. The number of amides is 1. The van der Waals surface area contributed by atoms with Gasteiger partial charge in [0.1, 0.15) is 5.75 Å². The smallest absolute Gasteiger partial charge is 0.273 e. The Morgan fingerprint density at radius 1 is 1.25 bits per heavy atom. The number of nitro benzene ring substituents is 1. The maximum atomic E-state index is 12.2. The van der Waals surface area contributed by atoms with Crippen molar-refractivity contribution in [3.05, 3.63) is 64.0 Å². The molecule has 0 radical (unpaired) electrons. The lowest BCUT2D eigenvalue weighted by atomic mass is 10.1. The van der Waals surface area contributed by atoms with Crippen molar-refractivity contribution in [1.82, 2.24) is 10.1 Å². The third-order valence-electron chi connectivity index (χ3n) is 4.01. The van der Waals surface area contributed by atoms with Crippen LogP contribution in [0.1, 0.15) is 17.9 Å². The van der Waals surface area contributed by atoms with E-state index in [1.165, 1.54) is 25.3 Å². The van der Waals surface area contributed by atoms with E-state index < -0.39 is 4.92 Å². The second-order valence-corrected chi connectivity index (χ2v) is 6.07. The summed E-state index contributed by atoms with van der Waals surface area (Å²) >= 11 is 0. The minimum Gasteiger partial charge on any atom is -0.494 e. The average Bonchev–Trinajstić information content (AvgIpc) is 3.16. The third-order valence-corrected chi connectivity index (χ3v) is 4.01. The highest BCUT2D eigenvalue weighted by Crippen LogP contribution is 2.29. The van der Waals surface area contributed by atoms with Crippen molar-refractivity contribution in [2.45, 2.75) is 19.8 Å². The van der Waals surface area contributed by atoms with Crippen LogP contribution in [0.5, 0.6) is 5.75 Å². The minimum atomic E-state index is -0.532. The standard InChI is InChI=1S/C19H18N4O5/c1-12-3-5-13(6-4-12)19-21-18(28-22-19)10-9-17(24)20-15-8-7-14(23(25)26)11-16(15)27-2/h3-8,11H,9-10H2,1-2H3,(H,20,24). The first-order valence-corrected chi connectivity index (χ1v) is 8.48. The normalized spacial score (nSPS) is 10.5. The van der Waals surface area contributed by atoms with E-state index in [0.717, 1.165) is 11.1 Å². The van der Waals surface area contributed by atoms with Crippen LogP contribution < -0.4 is 10.1 Å². The monoisotopic (exact) mass is 382 g/mol. The summed E-state index contributed by atoms with van der Waals surface area (Å²) in [6.07, 6.45) is 0.371. The number of non-ortho nitro benzene ring substituents is 1. The van der Waals surface area contributed by atoms with E-state index in [-0.39, 0.29) is 30.2 Å². The molecule has 0 aliphatic heterocycles. The number of nitrogens with one attached hydrogen (secondary N) is 1. The maximum Gasteiger partial charge on any atom is 0.273 e. The number of aryl methyl sites for hydroxylation is 2. The van der Waals surface area contributed by atoms with Crippen LogP contribution in [0, 0.1) is 17.0 Å². The van der Waals surface area contributed by atoms with Crippen LogP contribution in [0.15, 0.2) is 47.0 Å². The van der Waals surface area contributed by atoms with E-state index in [2.05, 4.69) is 15.5 Å². The number of hydrogen-bond acceptors (Lipinski definition) is 7. The van der Waals surface area contributed by atoms with Gasteiger partial charge >= 0.3 is 0 Å². The molecule has 0 atom stereocenters. The number of ether oxygens (including phenoxy) is 1. The molecule has 1 amide bonds. The number of carbonyl (C=O) groups is 1. The zero-order valence-corrected chi connectivity index (χ0v) is 15.3. The number of benzene rings is 2. The van der Waals surface area contributed by atoms with E-state index in [1.807, 2.05) is 31.2 Å². The van der Waals surface area contributed by atoms with Gasteiger partial charge in [-0.05, 0) is 13.0 Å². The van der Waals surface area contributed by atoms with Crippen LogP contribution in [0.25, 0.3) is 11.4 Å². The molecule has 3 rings (SSSR count). The maximum absolute atomic E-state index is 12.2. The molecule has 0 saturated heterocycles. The lowest BCUT2D eigenvalue weighted by Gasteiger charge is -2.09. The van der Waals surface area contributed by atoms with Gasteiger partial charge in [-0.25, -0.2) is 0 Å². The van der Waals surface area contributed by atoms with E-state index >= 15 is 0 Å². The molecule has 1 aromatic heterocycles. The summed E-state index contributed by atoms with van der Waals surface area (Å²) in [6.45, 7) is 1.99. The zero-order valence-electron chi connectivity index (χ0n) is 15.3. The molecular formula is C19H18N4O5. The van der Waals surface area contributed by atoms with Gasteiger partial charge < -0.3 is 14.6 Å². The predicted octanol–water partition coefficient (Wildman–Crippen LogP) is 3.53. The number of aromatic nitrogens is 2. The average molecular weight is 382 g/mol. The largest absolute Gasteiger partial charge is 0.494 e. The first kappa shape index (κ1) is 19.0. The number of rotatable bonds is 7. The Morgan fingerprint density at radius 3 is 2.68 bits per heavy atom. The van der Waals surface area contributed by atoms with Gasteiger partial charge in [0.25, 0.3) is 5.69 Å². The molecule has 0 unspecified atom stereocenters. The predicted molar refractivity (Wildman–Crippen MR) is 101 cm³/mol. The van der Waals surface area contributed by atoms with Crippen LogP contribution in [0.2, 0.25) is 0 Å². The fourth-order valence-electron chi connectivity index (χ4n) is 2.51. The van der Waals surface area contributed by atoms with E-state index in [4.69, 9.17) is 9.26 Å². The SMILES string of the molecule is COc1cc([N+](=O)[O-])ccc1NC(=O)CCc1nc(-c2ccc(C)cc2)no1.